The average Bonchev–Trinajstić information content (AvgIpc) is 3.52. The molecule has 0 N–H and O–H groups in total. The fourth-order valence-electron chi connectivity index (χ4n) is 5.73. The van der Waals surface area contributed by atoms with Gasteiger partial charge in [0.2, 0.25) is 11.8 Å². The van der Waals surface area contributed by atoms with Crippen molar-refractivity contribution in [1.29, 1.82) is 0 Å². The molecule has 5 nitrogen and oxygen atoms in total. The van der Waals surface area contributed by atoms with Crippen LogP contribution in [0.4, 0.5) is 5.69 Å². The number of benzene rings is 2. The summed E-state index contributed by atoms with van der Waals surface area (Å²) in [6.45, 7) is 0. The number of imide groups is 1. The monoisotopic (exact) mass is 453 g/mol. The minimum atomic E-state index is -0.686. The summed E-state index contributed by atoms with van der Waals surface area (Å²) in [5.41, 5.74) is 0.439. The molecular formula is C24H17Cl2NO4. The maximum Gasteiger partial charge on any atom is 0.345 e. The van der Waals surface area contributed by atoms with E-state index < -0.39 is 5.97 Å². The summed E-state index contributed by atoms with van der Waals surface area (Å²) in [6, 6.07) is 11.1. The SMILES string of the molecule is O=C(Oc1ccccc1N1C(=O)[C@@H]2[C@H]3C=C[C@@H]([C@@H]4C[C@@H]34)[C@@H]2C1=O)c1ccc(Cl)cc1Cl. The molecule has 156 valence electrons. The number of hydrogen-bond acceptors (Lipinski definition) is 4. The van der Waals surface area contributed by atoms with E-state index in [-0.39, 0.29) is 51.8 Å². The highest BCUT2D eigenvalue weighted by molar-refractivity contribution is 6.36. The van der Waals surface area contributed by atoms with Crippen molar-refractivity contribution < 1.29 is 19.1 Å². The Morgan fingerprint density at radius 2 is 1.58 bits per heavy atom. The first kappa shape index (κ1) is 19.1. The summed E-state index contributed by atoms with van der Waals surface area (Å²) in [6.07, 6.45) is 5.36. The molecule has 0 radical (unpaired) electrons. The molecule has 2 saturated carbocycles. The van der Waals surface area contributed by atoms with Gasteiger partial charge in [0.05, 0.1) is 28.1 Å². The van der Waals surface area contributed by atoms with Crippen molar-refractivity contribution in [2.75, 3.05) is 4.90 Å². The third-order valence-electron chi connectivity index (χ3n) is 7.12. The molecule has 0 aromatic heterocycles. The van der Waals surface area contributed by atoms with Crippen molar-refractivity contribution in [2.45, 2.75) is 6.42 Å². The molecule has 31 heavy (non-hydrogen) atoms. The number of hydrogen-bond donors (Lipinski definition) is 0. The van der Waals surface area contributed by atoms with Crippen LogP contribution in [-0.2, 0) is 9.59 Å². The average molecular weight is 454 g/mol. The van der Waals surface area contributed by atoms with Gasteiger partial charge in [-0.15, -0.1) is 0 Å². The van der Waals surface area contributed by atoms with Crippen molar-refractivity contribution in [3.63, 3.8) is 0 Å². The summed E-state index contributed by atoms with van der Waals surface area (Å²) in [5, 5.41) is 0.565. The van der Waals surface area contributed by atoms with Gasteiger partial charge in [-0.3, -0.25) is 9.59 Å². The zero-order chi connectivity index (χ0) is 21.4. The number of anilines is 1. The largest absolute Gasteiger partial charge is 0.421 e. The quantitative estimate of drug-likeness (QED) is 0.290. The van der Waals surface area contributed by atoms with E-state index in [1.165, 1.54) is 17.0 Å². The van der Waals surface area contributed by atoms with Gasteiger partial charge in [0.25, 0.3) is 0 Å². The van der Waals surface area contributed by atoms with E-state index in [2.05, 4.69) is 12.2 Å². The number of ether oxygens (including phenoxy) is 1. The number of carbonyl (C=O) groups excluding carboxylic acids is 3. The first-order valence-electron chi connectivity index (χ1n) is 10.3. The van der Waals surface area contributed by atoms with Crippen LogP contribution < -0.4 is 9.64 Å². The molecule has 0 spiro atoms. The van der Waals surface area contributed by atoms with Gasteiger partial charge in [-0.1, -0.05) is 47.5 Å². The Morgan fingerprint density at radius 3 is 2.23 bits per heavy atom. The molecule has 1 aliphatic heterocycles. The minimum Gasteiger partial charge on any atom is -0.421 e. The molecule has 2 aromatic carbocycles. The van der Waals surface area contributed by atoms with Crippen molar-refractivity contribution in [3.05, 3.63) is 70.2 Å². The van der Waals surface area contributed by atoms with E-state index >= 15 is 0 Å². The number of amides is 2. The lowest BCUT2D eigenvalue weighted by molar-refractivity contribution is -0.124. The topological polar surface area (TPSA) is 63.7 Å². The van der Waals surface area contributed by atoms with Crippen molar-refractivity contribution in [2.24, 2.45) is 35.5 Å². The second kappa shape index (κ2) is 6.68. The number of esters is 1. The fourth-order valence-corrected chi connectivity index (χ4v) is 6.22. The fraction of sp³-hybridized carbons (Fsp3) is 0.292. The molecule has 7 heteroatoms. The van der Waals surface area contributed by atoms with Crippen molar-refractivity contribution >= 4 is 46.7 Å². The van der Waals surface area contributed by atoms with Crippen LogP contribution in [0.15, 0.2) is 54.6 Å². The van der Waals surface area contributed by atoms with Crippen LogP contribution >= 0.6 is 23.2 Å². The Hall–Kier alpha value is -2.63. The smallest absolute Gasteiger partial charge is 0.345 e. The van der Waals surface area contributed by atoms with Crippen LogP contribution in [0, 0.1) is 35.5 Å². The van der Waals surface area contributed by atoms with Gasteiger partial charge in [-0.2, -0.15) is 0 Å². The summed E-state index contributed by atoms with van der Waals surface area (Å²) < 4.78 is 5.59. The van der Waals surface area contributed by atoms with Gasteiger partial charge in [-0.05, 0) is 60.4 Å². The molecule has 6 atom stereocenters. The number of carbonyl (C=O) groups is 3. The van der Waals surface area contributed by atoms with E-state index in [0.29, 0.717) is 22.5 Å². The standard InChI is InChI=1S/C24H17Cl2NO4/c25-11-5-6-14(17(26)9-11)24(30)31-19-4-2-1-3-18(19)27-22(28)20-12-7-8-13(16-10-15(12)16)21(20)23(27)29/h1-9,12-13,15-16,20-21H,10H2/t12-,13-,15-,16-,20-,21+/m0/s1. The lowest BCUT2D eigenvalue weighted by atomic mass is 9.63. The molecular weight excluding hydrogens is 437 g/mol. The molecule has 7 rings (SSSR count). The van der Waals surface area contributed by atoms with E-state index in [1.54, 1.807) is 30.3 Å². The Morgan fingerprint density at radius 1 is 0.935 bits per heavy atom. The molecule has 3 fully saturated rings. The van der Waals surface area contributed by atoms with Crippen LogP contribution in [0.1, 0.15) is 16.8 Å². The number of allylic oxidation sites excluding steroid dienone is 2. The molecule has 2 amide bonds. The van der Waals surface area contributed by atoms with E-state index in [1.807, 2.05) is 0 Å². The number of nitrogens with zero attached hydrogens (tertiary/aromatic N) is 1. The Bertz CT molecular complexity index is 1160. The van der Waals surface area contributed by atoms with Gasteiger partial charge in [-0.25, -0.2) is 9.69 Å². The second-order valence-corrected chi connectivity index (χ2v) is 9.49. The van der Waals surface area contributed by atoms with Gasteiger partial charge in [0, 0.05) is 5.02 Å². The molecule has 5 aliphatic rings. The van der Waals surface area contributed by atoms with E-state index in [9.17, 15) is 14.4 Å². The molecule has 1 heterocycles. The predicted octanol–water partition coefficient (Wildman–Crippen LogP) is 4.77. The Labute approximate surface area is 188 Å². The zero-order valence-electron chi connectivity index (χ0n) is 16.2. The molecule has 1 saturated heterocycles. The van der Waals surface area contributed by atoms with Crippen molar-refractivity contribution in [3.8, 4) is 5.75 Å². The number of rotatable bonds is 3. The summed E-state index contributed by atoms with van der Waals surface area (Å²) in [4.78, 5) is 40.8. The molecule has 2 aromatic rings. The maximum atomic E-state index is 13.4. The van der Waals surface area contributed by atoms with Crippen LogP contribution in [0.25, 0.3) is 0 Å². The van der Waals surface area contributed by atoms with Crippen LogP contribution in [0.5, 0.6) is 5.75 Å². The van der Waals surface area contributed by atoms with E-state index in [0.717, 1.165) is 6.42 Å². The normalized spacial score (nSPS) is 32.1. The van der Waals surface area contributed by atoms with Gasteiger partial charge < -0.3 is 4.74 Å². The lowest BCUT2D eigenvalue weighted by Crippen LogP contribution is -2.40. The second-order valence-electron chi connectivity index (χ2n) is 8.65. The van der Waals surface area contributed by atoms with Crippen LogP contribution in [-0.4, -0.2) is 17.8 Å². The highest BCUT2D eigenvalue weighted by atomic mass is 35.5. The summed E-state index contributed by atoms with van der Waals surface area (Å²) in [7, 11) is 0. The van der Waals surface area contributed by atoms with E-state index in [4.69, 9.17) is 27.9 Å². The Kier molecular flexibility index (Phi) is 4.11. The zero-order valence-corrected chi connectivity index (χ0v) is 17.7. The predicted molar refractivity (Wildman–Crippen MR) is 115 cm³/mol. The van der Waals surface area contributed by atoms with Gasteiger partial charge in [0.1, 0.15) is 0 Å². The van der Waals surface area contributed by atoms with Crippen LogP contribution in [0.3, 0.4) is 0 Å². The molecule has 4 aliphatic carbocycles. The Balaban J connectivity index is 1.33. The highest BCUT2D eigenvalue weighted by Gasteiger charge is 2.67. The minimum absolute atomic E-state index is 0.129. The van der Waals surface area contributed by atoms with Crippen LogP contribution in [0.2, 0.25) is 10.0 Å². The lowest BCUT2D eigenvalue weighted by Gasteiger charge is -2.37. The molecule has 2 bridgehead atoms. The first-order valence-corrected chi connectivity index (χ1v) is 11.0. The molecule has 0 unspecified atom stereocenters. The van der Waals surface area contributed by atoms with Gasteiger partial charge >= 0.3 is 5.97 Å². The van der Waals surface area contributed by atoms with Crippen molar-refractivity contribution in [1.82, 2.24) is 0 Å². The summed E-state index contributed by atoms with van der Waals surface area (Å²) >= 11 is 12.0. The highest BCUT2D eigenvalue weighted by Crippen LogP contribution is 2.65. The maximum absolute atomic E-state index is 13.4. The first-order chi connectivity index (χ1) is 15.0. The third-order valence-corrected chi connectivity index (χ3v) is 7.67. The number of halogens is 2. The number of para-hydroxylation sites is 2. The van der Waals surface area contributed by atoms with Gasteiger partial charge in [0.15, 0.2) is 5.75 Å². The summed E-state index contributed by atoms with van der Waals surface area (Å²) in [5.74, 6) is -0.283. The third kappa shape index (κ3) is 2.73.